The normalized spacial score (nSPS) is 14.7. The number of benzene rings is 1. The summed E-state index contributed by atoms with van der Waals surface area (Å²) in [5.41, 5.74) is 6.24. The number of likely N-dealkylation sites (N-methyl/N-ethyl adjacent to an activating group) is 1. The van der Waals surface area contributed by atoms with Crippen molar-refractivity contribution in [3.8, 4) is 22.6 Å². The molecule has 190 valence electrons. The first kappa shape index (κ1) is 23.5. The summed E-state index contributed by atoms with van der Waals surface area (Å²) in [6, 6.07) is 8.98. The number of fused-ring (bicyclic) bond motifs is 2. The van der Waals surface area contributed by atoms with Crippen LogP contribution < -0.4 is 10.6 Å². The molecule has 0 amide bonds. The van der Waals surface area contributed by atoms with E-state index in [1.165, 1.54) is 12.1 Å². The van der Waals surface area contributed by atoms with Gasteiger partial charge in [-0.05, 0) is 75.9 Å². The third-order valence-corrected chi connectivity index (χ3v) is 6.93. The van der Waals surface area contributed by atoms with Crippen molar-refractivity contribution in [3.05, 3.63) is 54.2 Å². The fraction of sp³-hybridized carbons (Fsp3) is 0.333. The molecule has 0 atom stereocenters. The van der Waals surface area contributed by atoms with Crippen LogP contribution in [0.3, 0.4) is 0 Å². The van der Waals surface area contributed by atoms with Gasteiger partial charge in [-0.3, -0.25) is 10.1 Å². The maximum Gasteiger partial charge on any atom is 0.160 e. The molecule has 0 bridgehead atoms. The lowest BCUT2D eigenvalue weighted by atomic mass is 9.93. The number of anilines is 1. The van der Waals surface area contributed by atoms with Gasteiger partial charge in [0.2, 0.25) is 0 Å². The minimum absolute atomic E-state index is 0.304. The Morgan fingerprint density at radius 3 is 2.81 bits per heavy atom. The van der Waals surface area contributed by atoms with E-state index in [0.717, 1.165) is 71.6 Å². The minimum atomic E-state index is -0.304. The number of imidazole rings is 1. The Labute approximate surface area is 213 Å². The second-order valence-corrected chi connectivity index (χ2v) is 9.85. The molecule has 1 fully saturated rings. The van der Waals surface area contributed by atoms with E-state index < -0.39 is 0 Å². The number of piperidine rings is 1. The maximum atomic E-state index is 14.6. The van der Waals surface area contributed by atoms with Crippen LogP contribution >= 0.6 is 0 Å². The molecular formula is C27H30FN9. The smallest absolute Gasteiger partial charge is 0.160 e. The van der Waals surface area contributed by atoms with Crippen LogP contribution in [0.25, 0.3) is 44.7 Å². The minimum Gasteiger partial charge on any atom is -0.384 e. The zero-order valence-corrected chi connectivity index (χ0v) is 21.0. The van der Waals surface area contributed by atoms with E-state index in [2.05, 4.69) is 41.8 Å². The lowest BCUT2D eigenvalue weighted by molar-refractivity contribution is 0.425. The predicted octanol–water partition coefficient (Wildman–Crippen LogP) is 4.14. The monoisotopic (exact) mass is 499 g/mol. The molecule has 5 aromatic rings. The molecule has 6 rings (SSSR count). The summed E-state index contributed by atoms with van der Waals surface area (Å²) in [7, 11) is 4.02. The van der Waals surface area contributed by atoms with Crippen molar-refractivity contribution in [1.82, 2.24) is 40.3 Å². The van der Waals surface area contributed by atoms with Crippen molar-refractivity contribution < 1.29 is 4.39 Å². The van der Waals surface area contributed by atoms with Crippen LogP contribution in [0, 0.1) is 5.82 Å². The molecule has 1 saturated heterocycles. The number of aromatic amines is 2. The lowest BCUT2D eigenvalue weighted by Crippen LogP contribution is -2.27. The van der Waals surface area contributed by atoms with Gasteiger partial charge in [0.1, 0.15) is 17.0 Å². The molecule has 0 aliphatic carbocycles. The number of aromatic nitrogens is 6. The number of rotatable bonds is 7. The Morgan fingerprint density at radius 2 is 1.97 bits per heavy atom. The van der Waals surface area contributed by atoms with Crippen molar-refractivity contribution >= 4 is 27.8 Å². The molecule has 0 spiro atoms. The zero-order chi connectivity index (χ0) is 25.4. The summed E-state index contributed by atoms with van der Waals surface area (Å²) < 4.78 is 14.6. The van der Waals surface area contributed by atoms with Gasteiger partial charge in [-0.2, -0.15) is 5.10 Å². The first-order chi connectivity index (χ1) is 18.0. The van der Waals surface area contributed by atoms with Crippen LogP contribution in [0.2, 0.25) is 0 Å². The van der Waals surface area contributed by atoms with Gasteiger partial charge in [0.25, 0.3) is 0 Å². The Morgan fingerprint density at radius 1 is 1.11 bits per heavy atom. The summed E-state index contributed by atoms with van der Waals surface area (Å²) in [6.07, 6.45) is 5.71. The molecule has 10 heteroatoms. The molecule has 0 saturated carbocycles. The Kier molecular flexibility index (Phi) is 6.27. The SMILES string of the molecule is CN(C)CCNc1cc(F)cc(-c2ccnc3[nH]c(-c4n[nH]c5cnc(C6CCNCC6)cc45)nc23)c1. The number of pyridine rings is 2. The molecular weight excluding hydrogens is 469 g/mol. The summed E-state index contributed by atoms with van der Waals surface area (Å²) in [5, 5.41) is 15.3. The number of hydrogen-bond donors (Lipinski definition) is 4. The summed E-state index contributed by atoms with van der Waals surface area (Å²) in [6.45, 7) is 3.58. The summed E-state index contributed by atoms with van der Waals surface area (Å²) in [4.78, 5) is 19.5. The van der Waals surface area contributed by atoms with Crippen molar-refractivity contribution in [3.63, 3.8) is 0 Å². The molecule has 1 aliphatic rings. The summed E-state index contributed by atoms with van der Waals surface area (Å²) >= 11 is 0. The van der Waals surface area contributed by atoms with Gasteiger partial charge in [-0.1, -0.05) is 0 Å². The highest BCUT2D eigenvalue weighted by Crippen LogP contribution is 2.33. The van der Waals surface area contributed by atoms with E-state index >= 15 is 0 Å². The van der Waals surface area contributed by atoms with E-state index in [0.29, 0.717) is 29.5 Å². The van der Waals surface area contributed by atoms with Gasteiger partial charge in [-0.15, -0.1) is 0 Å². The molecule has 0 radical (unpaired) electrons. The van der Waals surface area contributed by atoms with Gasteiger partial charge in [0, 0.05) is 47.5 Å². The topological polar surface area (TPSA) is 110 Å². The van der Waals surface area contributed by atoms with Crippen molar-refractivity contribution in [2.45, 2.75) is 18.8 Å². The number of nitrogens with one attached hydrogen (secondary N) is 4. The largest absolute Gasteiger partial charge is 0.384 e. The molecule has 5 heterocycles. The van der Waals surface area contributed by atoms with Crippen LogP contribution in [0.4, 0.5) is 10.1 Å². The fourth-order valence-electron chi connectivity index (χ4n) is 4.98. The lowest BCUT2D eigenvalue weighted by Gasteiger charge is -2.21. The molecule has 1 aliphatic heterocycles. The highest BCUT2D eigenvalue weighted by Gasteiger charge is 2.20. The second-order valence-electron chi connectivity index (χ2n) is 9.85. The molecule has 1 aromatic carbocycles. The molecule has 37 heavy (non-hydrogen) atoms. The highest BCUT2D eigenvalue weighted by atomic mass is 19.1. The Bertz CT molecular complexity index is 1550. The van der Waals surface area contributed by atoms with Gasteiger partial charge in [-0.25, -0.2) is 14.4 Å². The van der Waals surface area contributed by atoms with Crippen molar-refractivity contribution in [2.75, 3.05) is 45.6 Å². The Balaban J connectivity index is 1.37. The number of halogens is 1. The first-order valence-corrected chi connectivity index (χ1v) is 12.6. The molecule has 9 nitrogen and oxygen atoms in total. The standard InChI is InChI=1S/C27H30FN9/c1-37(2)10-9-30-19-12-17(11-18(28)13-19)20-5-8-31-26-24(20)33-27(34-26)25-21-14-22(16-3-6-29-7-4-16)32-15-23(21)35-36-25/h5,8,11-16,29-30H,3-4,6-7,9-10H2,1-2H3,(H,35,36)(H,31,33,34). The van der Waals surface area contributed by atoms with E-state index in [9.17, 15) is 4.39 Å². The quantitative estimate of drug-likeness (QED) is 0.266. The number of nitrogens with zero attached hydrogens (tertiary/aromatic N) is 5. The fourth-order valence-corrected chi connectivity index (χ4v) is 4.98. The average Bonchev–Trinajstić information content (AvgIpc) is 3.52. The zero-order valence-electron chi connectivity index (χ0n) is 21.0. The van der Waals surface area contributed by atoms with Gasteiger partial charge in [0.05, 0.1) is 11.7 Å². The van der Waals surface area contributed by atoms with Gasteiger partial charge in [0.15, 0.2) is 11.5 Å². The first-order valence-electron chi connectivity index (χ1n) is 12.6. The van der Waals surface area contributed by atoms with E-state index in [-0.39, 0.29) is 5.82 Å². The summed E-state index contributed by atoms with van der Waals surface area (Å²) in [5.74, 6) is 0.747. The van der Waals surface area contributed by atoms with E-state index in [1.807, 2.05) is 32.4 Å². The predicted molar refractivity (Wildman–Crippen MR) is 144 cm³/mol. The van der Waals surface area contributed by atoms with E-state index in [4.69, 9.17) is 9.97 Å². The number of H-pyrrole nitrogens is 2. The molecule has 4 aromatic heterocycles. The average molecular weight is 500 g/mol. The number of hydrogen-bond acceptors (Lipinski definition) is 7. The van der Waals surface area contributed by atoms with Crippen LogP contribution in [-0.4, -0.2) is 75.3 Å². The van der Waals surface area contributed by atoms with Crippen LogP contribution in [0.1, 0.15) is 24.5 Å². The van der Waals surface area contributed by atoms with Gasteiger partial charge < -0.3 is 20.5 Å². The second kappa shape index (κ2) is 9.87. The van der Waals surface area contributed by atoms with Crippen LogP contribution in [-0.2, 0) is 0 Å². The Hall–Kier alpha value is -3.89. The van der Waals surface area contributed by atoms with E-state index in [1.54, 1.807) is 6.20 Å². The van der Waals surface area contributed by atoms with Crippen molar-refractivity contribution in [1.29, 1.82) is 0 Å². The maximum absolute atomic E-state index is 14.6. The van der Waals surface area contributed by atoms with Gasteiger partial charge >= 0.3 is 0 Å². The molecule has 0 unspecified atom stereocenters. The molecule has 4 N–H and O–H groups in total. The van der Waals surface area contributed by atoms with Crippen LogP contribution in [0.15, 0.2) is 42.7 Å². The highest BCUT2D eigenvalue weighted by molar-refractivity contribution is 5.96. The van der Waals surface area contributed by atoms with Crippen LogP contribution in [0.5, 0.6) is 0 Å². The third-order valence-electron chi connectivity index (χ3n) is 6.93. The third kappa shape index (κ3) is 4.77. The van der Waals surface area contributed by atoms with Crippen molar-refractivity contribution in [2.24, 2.45) is 0 Å².